The highest BCUT2D eigenvalue weighted by Crippen LogP contribution is 2.20. The van der Waals surface area contributed by atoms with E-state index >= 15 is 0 Å². The van der Waals surface area contributed by atoms with Gasteiger partial charge in [-0.15, -0.1) is 0 Å². The maximum atomic E-state index is 12.0. The van der Waals surface area contributed by atoms with E-state index in [1.807, 2.05) is 30.3 Å². The first-order valence-corrected chi connectivity index (χ1v) is 6.87. The largest absolute Gasteiger partial charge is 0.445 e. The first kappa shape index (κ1) is 14.6. The lowest BCUT2D eigenvalue weighted by Gasteiger charge is -2.19. The van der Waals surface area contributed by atoms with Gasteiger partial charge in [-0.2, -0.15) is 0 Å². The summed E-state index contributed by atoms with van der Waals surface area (Å²) in [6.45, 7) is 1.18. The number of carbonyl (C=O) groups is 2. The number of aldehydes is 1. The number of carbonyl (C=O) groups excluding carboxylic acids is 2. The molecule has 1 aliphatic heterocycles. The van der Waals surface area contributed by atoms with E-state index in [4.69, 9.17) is 16.3 Å². The zero-order valence-electron chi connectivity index (χ0n) is 11.0. The van der Waals surface area contributed by atoms with E-state index in [9.17, 15) is 9.59 Å². The summed E-state index contributed by atoms with van der Waals surface area (Å²) < 4.78 is 5.26. The van der Waals surface area contributed by atoms with Crippen LogP contribution >= 0.6 is 11.6 Å². The Morgan fingerprint density at radius 1 is 1.25 bits per heavy atom. The standard InChI is InChI=1S/C15H16ClNO3/c16-14-7-9-17(8-6-13(14)10-18)15(19)20-11-12-4-2-1-3-5-12/h1-5,10H,6-9,11H2. The summed E-state index contributed by atoms with van der Waals surface area (Å²) >= 11 is 6.00. The molecule has 1 heterocycles. The van der Waals surface area contributed by atoms with Crippen molar-refractivity contribution in [1.82, 2.24) is 4.90 Å². The Morgan fingerprint density at radius 2 is 1.95 bits per heavy atom. The summed E-state index contributed by atoms with van der Waals surface area (Å²) in [5.74, 6) is 0. The summed E-state index contributed by atoms with van der Waals surface area (Å²) in [6.07, 6.45) is 1.37. The molecule has 0 saturated carbocycles. The van der Waals surface area contributed by atoms with Crippen molar-refractivity contribution in [3.05, 3.63) is 46.5 Å². The van der Waals surface area contributed by atoms with Crippen molar-refractivity contribution in [2.45, 2.75) is 19.4 Å². The number of ether oxygens (including phenoxy) is 1. The second kappa shape index (κ2) is 7.10. The SMILES string of the molecule is O=CC1=C(Cl)CCN(C(=O)OCc2ccccc2)CC1. The van der Waals surface area contributed by atoms with Crippen LogP contribution in [0.1, 0.15) is 18.4 Å². The lowest BCUT2D eigenvalue weighted by atomic mass is 10.2. The molecular formula is C15H16ClNO3. The third kappa shape index (κ3) is 3.84. The van der Waals surface area contributed by atoms with Crippen LogP contribution in [0.4, 0.5) is 4.79 Å². The van der Waals surface area contributed by atoms with Crippen LogP contribution in [0.5, 0.6) is 0 Å². The number of halogens is 1. The van der Waals surface area contributed by atoms with E-state index < -0.39 is 0 Å². The van der Waals surface area contributed by atoms with E-state index in [0.29, 0.717) is 36.5 Å². The number of rotatable bonds is 3. The number of amides is 1. The summed E-state index contributed by atoms with van der Waals surface area (Å²) in [6, 6.07) is 9.51. The second-order valence-electron chi connectivity index (χ2n) is 4.58. The molecule has 4 nitrogen and oxygen atoms in total. The quantitative estimate of drug-likeness (QED) is 0.805. The molecule has 0 saturated heterocycles. The maximum Gasteiger partial charge on any atom is 0.410 e. The minimum atomic E-state index is -0.370. The molecule has 0 fully saturated rings. The van der Waals surface area contributed by atoms with Crippen molar-refractivity contribution >= 4 is 24.0 Å². The van der Waals surface area contributed by atoms with Crippen LogP contribution in [0.25, 0.3) is 0 Å². The van der Waals surface area contributed by atoms with Gasteiger partial charge in [0.05, 0.1) is 0 Å². The number of nitrogens with zero attached hydrogens (tertiary/aromatic N) is 1. The van der Waals surface area contributed by atoms with Gasteiger partial charge in [-0.1, -0.05) is 41.9 Å². The lowest BCUT2D eigenvalue weighted by molar-refractivity contribution is -0.105. The smallest absolute Gasteiger partial charge is 0.410 e. The Labute approximate surface area is 123 Å². The normalized spacial score (nSPS) is 15.8. The van der Waals surface area contributed by atoms with E-state index in [2.05, 4.69) is 0 Å². The van der Waals surface area contributed by atoms with Gasteiger partial charge < -0.3 is 9.64 Å². The van der Waals surface area contributed by atoms with Gasteiger partial charge >= 0.3 is 6.09 Å². The molecule has 1 aromatic carbocycles. The highest BCUT2D eigenvalue weighted by Gasteiger charge is 2.20. The van der Waals surface area contributed by atoms with Crippen LogP contribution in [0.2, 0.25) is 0 Å². The molecular weight excluding hydrogens is 278 g/mol. The van der Waals surface area contributed by atoms with Gasteiger partial charge in [0.1, 0.15) is 12.9 Å². The Balaban J connectivity index is 1.86. The van der Waals surface area contributed by atoms with Crippen LogP contribution in [0.3, 0.4) is 0 Å². The van der Waals surface area contributed by atoms with E-state index in [1.165, 1.54) is 0 Å². The zero-order chi connectivity index (χ0) is 14.4. The average Bonchev–Trinajstić information content (AvgIpc) is 2.67. The van der Waals surface area contributed by atoms with Crippen molar-refractivity contribution in [2.24, 2.45) is 0 Å². The zero-order valence-corrected chi connectivity index (χ0v) is 11.8. The number of benzene rings is 1. The topological polar surface area (TPSA) is 46.6 Å². The Bertz CT molecular complexity index is 513. The molecule has 2 rings (SSSR count). The summed E-state index contributed by atoms with van der Waals surface area (Å²) in [7, 11) is 0. The second-order valence-corrected chi connectivity index (χ2v) is 5.03. The first-order chi connectivity index (χ1) is 9.70. The molecule has 1 aliphatic rings. The highest BCUT2D eigenvalue weighted by atomic mass is 35.5. The van der Waals surface area contributed by atoms with Crippen molar-refractivity contribution < 1.29 is 14.3 Å². The minimum absolute atomic E-state index is 0.248. The summed E-state index contributed by atoms with van der Waals surface area (Å²) in [5, 5.41) is 0.540. The number of hydrogen-bond acceptors (Lipinski definition) is 3. The Hall–Kier alpha value is -1.81. The predicted molar refractivity (Wildman–Crippen MR) is 76.4 cm³/mol. The monoisotopic (exact) mass is 293 g/mol. The molecule has 0 radical (unpaired) electrons. The predicted octanol–water partition coefficient (Wildman–Crippen LogP) is 3.11. The fourth-order valence-electron chi connectivity index (χ4n) is 2.01. The molecule has 5 heteroatoms. The van der Waals surface area contributed by atoms with Crippen LogP contribution < -0.4 is 0 Å². The molecule has 0 N–H and O–H groups in total. The molecule has 1 amide bonds. The molecule has 0 unspecified atom stereocenters. The fraction of sp³-hybridized carbons (Fsp3) is 0.333. The Kier molecular flexibility index (Phi) is 5.18. The van der Waals surface area contributed by atoms with E-state index in [-0.39, 0.29) is 12.7 Å². The molecule has 106 valence electrons. The van der Waals surface area contributed by atoms with Crippen molar-refractivity contribution in [2.75, 3.05) is 13.1 Å². The van der Waals surface area contributed by atoms with Gasteiger partial charge in [0.25, 0.3) is 0 Å². The van der Waals surface area contributed by atoms with Crippen LogP contribution in [-0.2, 0) is 16.1 Å². The molecule has 0 bridgehead atoms. The maximum absolute atomic E-state index is 12.0. The van der Waals surface area contributed by atoms with Crippen LogP contribution in [0.15, 0.2) is 40.9 Å². The summed E-state index contributed by atoms with van der Waals surface area (Å²) in [5.41, 5.74) is 1.52. The van der Waals surface area contributed by atoms with E-state index in [1.54, 1.807) is 4.90 Å². The molecule has 20 heavy (non-hydrogen) atoms. The van der Waals surface area contributed by atoms with Gasteiger partial charge in [-0.25, -0.2) is 4.79 Å². The molecule has 0 spiro atoms. The Morgan fingerprint density at radius 3 is 2.65 bits per heavy atom. The summed E-state index contributed by atoms with van der Waals surface area (Å²) in [4.78, 5) is 24.4. The molecule has 0 atom stereocenters. The third-order valence-corrected chi connectivity index (χ3v) is 3.64. The van der Waals surface area contributed by atoms with Crippen molar-refractivity contribution in [3.8, 4) is 0 Å². The lowest BCUT2D eigenvalue weighted by Crippen LogP contribution is -2.32. The van der Waals surface area contributed by atoms with Gasteiger partial charge in [0.15, 0.2) is 0 Å². The molecule has 0 aliphatic carbocycles. The minimum Gasteiger partial charge on any atom is -0.445 e. The van der Waals surface area contributed by atoms with Crippen LogP contribution in [0, 0.1) is 0 Å². The van der Waals surface area contributed by atoms with Gasteiger partial charge in [-0.05, 0) is 12.0 Å². The van der Waals surface area contributed by atoms with Crippen LogP contribution in [-0.4, -0.2) is 30.4 Å². The third-order valence-electron chi connectivity index (χ3n) is 3.21. The first-order valence-electron chi connectivity index (χ1n) is 6.49. The fourth-order valence-corrected chi connectivity index (χ4v) is 2.24. The average molecular weight is 294 g/mol. The number of hydrogen-bond donors (Lipinski definition) is 0. The van der Waals surface area contributed by atoms with Gasteiger partial charge in [0.2, 0.25) is 0 Å². The van der Waals surface area contributed by atoms with E-state index in [0.717, 1.165) is 11.8 Å². The van der Waals surface area contributed by atoms with Crippen molar-refractivity contribution in [1.29, 1.82) is 0 Å². The molecule has 0 aromatic heterocycles. The molecule has 1 aromatic rings. The van der Waals surface area contributed by atoms with Gasteiger partial charge in [0, 0.05) is 30.1 Å². The van der Waals surface area contributed by atoms with Crippen molar-refractivity contribution in [3.63, 3.8) is 0 Å². The highest BCUT2D eigenvalue weighted by molar-refractivity contribution is 6.31. The van der Waals surface area contributed by atoms with Gasteiger partial charge in [-0.3, -0.25) is 4.79 Å².